The van der Waals surface area contributed by atoms with Gasteiger partial charge in [0.2, 0.25) is 11.8 Å². The van der Waals surface area contributed by atoms with Crippen LogP contribution in [0.1, 0.15) is 25.8 Å². The van der Waals surface area contributed by atoms with E-state index in [2.05, 4.69) is 15.6 Å². The number of nitro benzene ring substituents is 1. The Balaban J connectivity index is 1.83. The summed E-state index contributed by atoms with van der Waals surface area (Å²) in [5.74, 6) is 0.330. The van der Waals surface area contributed by atoms with Gasteiger partial charge in [-0.05, 0) is 26.0 Å². The van der Waals surface area contributed by atoms with Crippen molar-refractivity contribution in [2.45, 2.75) is 32.9 Å². The smallest absolute Gasteiger partial charge is 0.292 e. The summed E-state index contributed by atoms with van der Waals surface area (Å²) in [7, 11) is 0. The normalized spacial score (nSPS) is 10.4. The Morgan fingerprint density at radius 1 is 1.27 bits per heavy atom. The molecule has 0 aliphatic carbocycles. The van der Waals surface area contributed by atoms with Crippen LogP contribution in [0.3, 0.4) is 0 Å². The number of rotatable bonds is 9. The zero-order valence-electron chi connectivity index (χ0n) is 14.8. The molecule has 26 heavy (non-hydrogen) atoms. The van der Waals surface area contributed by atoms with E-state index in [0.717, 1.165) is 5.56 Å². The van der Waals surface area contributed by atoms with Crippen LogP contribution in [0.4, 0.5) is 11.4 Å². The van der Waals surface area contributed by atoms with Crippen LogP contribution in [0.5, 0.6) is 5.88 Å². The first-order chi connectivity index (χ1) is 12.5. The summed E-state index contributed by atoms with van der Waals surface area (Å²) < 4.78 is 5.61. The molecule has 1 aromatic heterocycles. The summed E-state index contributed by atoms with van der Waals surface area (Å²) >= 11 is 0. The van der Waals surface area contributed by atoms with Crippen molar-refractivity contribution < 1.29 is 14.5 Å². The van der Waals surface area contributed by atoms with Gasteiger partial charge in [0, 0.05) is 37.3 Å². The largest absolute Gasteiger partial charge is 0.475 e. The van der Waals surface area contributed by atoms with E-state index in [4.69, 9.17) is 4.74 Å². The Labute approximate surface area is 151 Å². The fourth-order valence-corrected chi connectivity index (χ4v) is 2.26. The molecule has 2 aromatic rings. The predicted octanol–water partition coefficient (Wildman–Crippen LogP) is 2.90. The van der Waals surface area contributed by atoms with Crippen molar-refractivity contribution in [2.75, 3.05) is 11.9 Å². The number of nitro groups is 1. The number of carbonyl (C=O) groups is 1. The average Bonchev–Trinajstić information content (AvgIpc) is 2.61. The molecule has 8 nitrogen and oxygen atoms in total. The number of carbonyl (C=O) groups excluding carboxylic acids is 1. The maximum absolute atomic E-state index is 12.0. The number of para-hydroxylation sites is 2. The summed E-state index contributed by atoms with van der Waals surface area (Å²) in [5, 5.41) is 16.7. The molecule has 2 N–H and O–H groups in total. The molecule has 8 heteroatoms. The molecule has 0 aliphatic heterocycles. The van der Waals surface area contributed by atoms with Gasteiger partial charge in [0.15, 0.2) is 0 Å². The van der Waals surface area contributed by atoms with Gasteiger partial charge in [-0.25, -0.2) is 4.98 Å². The summed E-state index contributed by atoms with van der Waals surface area (Å²) in [6.07, 6.45) is 1.82. The number of anilines is 1. The van der Waals surface area contributed by atoms with Crippen LogP contribution in [0, 0.1) is 10.1 Å². The summed E-state index contributed by atoms with van der Waals surface area (Å²) in [4.78, 5) is 26.7. The molecule has 2 rings (SSSR count). The second-order valence-corrected chi connectivity index (χ2v) is 5.86. The fraction of sp³-hybridized carbons (Fsp3) is 0.333. The lowest BCUT2D eigenvalue weighted by Crippen LogP contribution is -2.25. The number of hydrogen-bond donors (Lipinski definition) is 2. The number of hydrogen-bond acceptors (Lipinski definition) is 6. The van der Waals surface area contributed by atoms with Crippen LogP contribution < -0.4 is 15.4 Å². The van der Waals surface area contributed by atoms with Gasteiger partial charge in [0.25, 0.3) is 5.69 Å². The lowest BCUT2D eigenvalue weighted by Gasteiger charge is -2.13. The molecule has 0 atom stereocenters. The highest BCUT2D eigenvalue weighted by atomic mass is 16.6. The zero-order valence-corrected chi connectivity index (χ0v) is 14.8. The van der Waals surface area contributed by atoms with Crippen LogP contribution in [0.25, 0.3) is 0 Å². The summed E-state index contributed by atoms with van der Waals surface area (Å²) in [6, 6.07) is 9.96. The van der Waals surface area contributed by atoms with Gasteiger partial charge >= 0.3 is 0 Å². The van der Waals surface area contributed by atoms with Crippen molar-refractivity contribution in [3.05, 3.63) is 58.3 Å². The highest BCUT2D eigenvalue weighted by Crippen LogP contribution is 2.22. The van der Waals surface area contributed by atoms with Crippen LogP contribution in [-0.2, 0) is 11.3 Å². The zero-order chi connectivity index (χ0) is 18.9. The van der Waals surface area contributed by atoms with Crippen LogP contribution in [-0.4, -0.2) is 28.5 Å². The number of pyridine rings is 1. The van der Waals surface area contributed by atoms with Crippen molar-refractivity contribution >= 4 is 17.3 Å². The minimum atomic E-state index is -0.457. The van der Waals surface area contributed by atoms with E-state index < -0.39 is 4.92 Å². The van der Waals surface area contributed by atoms with E-state index in [-0.39, 0.29) is 24.1 Å². The Morgan fingerprint density at radius 3 is 2.77 bits per heavy atom. The van der Waals surface area contributed by atoms with E-state index in [9.17, 15) is 14.9 Å². The minimum absolute atomic E-state index is 0.00906. The molecule has 138 valence electrons. The number of nitrogens with zero attached hydrogens (tertiary/aromatic N) is 2. The third-order valence-electron chi connectivity index (χ3n) is 3.44. The highest BCUT2D eigenvalue weighted by Gasteiger charge is 2.12. The van der Waals surface area contributed by atoms with Crippen molar-refractivity contribution in [3.63, 3.8) is 0 Å². The average molecular weight is 358 g/mol. The summed E-state index contributed by atoms with van der Waals surface area (Å²) in [6.45, 7) is 4.41. The molecule has 0 bridgehead atoms. The van der Waals surface area contributed by atoms with Crippen molar-refractivity contribution in [2.24, 2.45) is 0 Å². The third-order valence-corrected chi connectivity index (χ3v) is 3.44. The Morgan fingerprint density at radius 2 is 2.04 bits per heavy atom. The molecule has 1 amide bonds. The molecule has 0 saturated carbocycles. The van der Waals surface area contributed by atoms with Gasteiger partial charge in [-0.3, -0.25) is 14.9 Å². The van der Waals surface area contributed by atoms with Crippen LogP contribution in [0.2, 0.25) is 0 Å². The van der Waals surface area contributed by atoms with Crippen molar-refractivity contribution in [1.82, 2.24) is 10.3 Å². The van der Waals surface area contributed by atoms with E-state index in [1.807, 2.05) is 19.9 Å². The lowest BCUT2D eigenvalue weighted by atomic mass is 10.2. The monoisotopic (exact) mass is 358 g/mol. The van der Waals surface area contributed by atoms with Gasteiger partial charge in [-0.15, -0.1) is 0 Å². The molecular weight excluding hydrogens is 336 g/mol. The van der Waals surface area contributed by atoms with Gasteiger partial charge in [0.1, 0.15) is 5.69 Å². The minimum Gasteiger partial charge on any atom is -0.475 e. The first-order valence-electron chi connectivity index (χ1n) is 8.32. The number of benzene rings is 1. The lowest BCUT2D eigenvalue weighted by molar-refractivity contribution is -0.384. The maximum atomic E-state index is 12.0. The molecular formula is C18H22N4O4. The molecule has 0 aliphatic rings. The van der Waals surface area contributed by atoms with Gasteiger partial charge < -0.3 is 15.4 Å². The topological polar surface area (TPSA) is 106 Å². The fourth-order valence-electron chi connectivity index (χ4n) is 2.26. The van der Waals surface area contributed by atoms with Crippen LogP contribution in [0.15, 0.2) is 42.6 Å². The number of aromatic nitrogens is 1. The SMILES string of the molecule is CC(C)Oc1ncccc1CNC(=O)CCNc1ccccc1[N+](=O)[O-]. The van der Waals surface area contributed by atoms with Gasteiger partial charge in [-0.2, -0.15) is 0 Å². The van der Waals surface area contributed by atoms with E-state index in [1.54, 1.807) is 30.5 Å². The quantitative estimate of drug-likeness (QED) is 0.527. The van der Waals surface area contributed by atoms with Crippen molar-refractivity contribution in [1.29, 1.82) is 0 Å². The Kier molecular flexibility index (Phi) is 6.90. The van der Waals surface area contributed by atoms with Crippen molar-refractivity contribution in [3.8, 4) is 5.88 Å². The standard InChI is InChI=1S/C18H22N4O4/c1-13(2)26-18-14(6-5-10-20-18)12-21-17(23)9-11-19-15-7-3-4-8-16(15)22(24)25/h3-8,10,13,19H,9,11-12H2,1-2H3,(H,21,23). The first kappa shape index (κ1) is 19.2. The van der Waals surface area contributed by atoms with Gasteiger partial charge in [0.05, 0.1) is 11.0 Å². The Bertz CT molecular complexity index is 764. The molecule has 1 aromatic carbocycles. The molecule has 0 radical (unpaired) electrons. The Hall–Kier alpha value is -3.16. The maximum Gasteiger partial charge on any atom is 0.292 e. The summed E-state index contributed by atoms with van der Waals surface area (Å²) in [5.41, 5.74) is 1.17. The first-order valence-corrected chi connectivity index (χ1v) is 8.32. The second kappa shape index (κ2) is 9.36. The molecule has 0 fully saturated rings. The highest BCUT2D eigenvalue weighted by molar-refractivity contribution is 5.76. The number of ether oxygens (including phenoxy) is 1. The third kappa shape index (κ3) is 5.73. The number of amides is 1. The second-order valence-electron chi connectivity index (χ2n) is 5.86. The van der Waals surface area contributed by atoms with Crippen LogP contribution >= 0.6 is 0 Å². The molecule has 0 spiro atoms. The molecule has 0 unspecified atom stereocenters. The molecule has 1 heterocycles. The van der Waals surface area contributed by atoms with E-state index in [0.29, 0.717) is 24.7 Å². The van der Waals surface area contributed by atoms with E-state index in [1.165, 1.54) is 6.07 Å². The van der Waals surface area contributed by atoms with E-state index >= 15 is 0 Å². The van der Waals surface area contributed by atoms with Gasteiger partial charge in [-0.1, -0.05) is 18.2 Å². The predicted molar refractivity (Wildman–Crippen MR) is 98.1 cm³/mol. The molecule has 0 saturated heterocycles. The number of nitrogens with one attached hydrogen (secondary N) is 2.